The van der Waals surface area contributed by atoms with Gasteiger partial charge in [0, 0.05) is 37.5 Å². The van der Waals surface area contributed by atoms with E-state index in [1.54, 1.807) is 7.11 Å². The van der Waals surface area contributed by atoms with Crippen LogP contribution in [0.15, 0.2) is 28.9 Å². The summed E-state index contributed by atoms with van der Waals surface area (Å²) in [4.78, 5) is 10.8. The Morgan fingerprint density at radius 3 is 3.12 bits per heavy atom. The van der Waals surface area contributed by atoms with Crippen molar-refractivity contribution >= 4 is 12.0 Å². The number of hydrogen-bond donors (Lipinski definition) is 0. The maximum absolute atomic E-state index is 10.8. The molecule has 2 aliphatic rings. The lowest BCUT2D eigenvalue weighted by Crippen LogP contribution is -2.33. The minimum absolute atomic E-state index is 0.206. The van der Waals surface area contributed by atoms with E-state index < -0.39 is 0 Å². The van der Waals surface area contributed by atoms with Crippen molar-refractivity contribution in [2.24, 2.45) is 11.0 Å². The van der Waals surface area contributed by atoms with Crippen molar-refractivity contribution in [2.45, 2.75) is 19.4 Å². The third kappa shape index (κ3) is 2.47. The zero-order valence-electron chi connectivity index (χ0n) is 10.3. The topological polar surface area (TPSA) is 41.9 Å². The van der Waals surface area contributed by atoms with Crippen molar-refractivity contribution in [3.8, 4) is 0 Å². The first-order chi connectivity index (χ1) is 8.26. The molecule has 1 aliphatic heterocycles. The molecular formula is C13H18N2O2. The van der Waals surface area contributed by atoms with Crippen LogP contribution in [0.2, 0.25) is 0 Å². The maximum Gasteiger partial charge on any atom is 0.149 e. The number of hydrazone groups is 1. The molecule has 0 saturated carbocycles. The summed E-state index contributed by atoms with van der Waals surface area (Å²) >= 11 is 0. The maximum atomic E-state index is 10.8. The predicted molar refractivity (Wildman–Crippen MR) is 66.9 cm³/mol. The smallest absolute Gasteiger partial charge is 0.149 e. The molecule has 4 nitrogen and oxygen atoms in total. The molecule has 0 radical (unpaired) electrons. The summed E-state index contributed by atoms with van der Waals surface area (Å²) in [5.41, 5.74) is 1.86. The van der Waals surface area contributed by atoms with Gasteiger partial charge < -0.3 is 4.74 Å². The second kappa shape index (κ2) is 5.27. The molecule has 0 bridgehead atoms. The number of aldehydes is 1. The number of methoxy groups -OCH3 is 1. The lowest BCUT2D eigenvalue weighted by Gasteiger charge is -2.26. The van der Waals surface area contributed by atoms with Gasteiger partial charge in [0.25, 0.3) is 0 Å². The molecule has 0 fully saturated rings. The van der Waals surface area contributed by atoms with Gasteiger partial charge in [0.2, 0.25) is 0 Å². The summed E-state index contributed by atoms with van der Waals surface area (Å²) in [5.74, 6) is 0.321. The van der Waals surface area contributed by atoms with Crippen LogP contribution in [0.4, 0.5) is 0 Å². The highest BCUT2D eigenvalue weighted by molar-refractivity contribution is 5.90. The van der Waals surface area contributed by atoms with E-state index in [4.69, 9.17) is 4.74 Å². The zero-order chi connectivity index (χ0) is 12.3. The Morgan fingerprint density at radius 1 is 1.59 bits per heavy atom. The number of carbonyl (C=O) groups excluding carboxylic acids is 1. The minimum Gasteiger partial charge on any atom is -0.385 e. The molecule has 0 amide bonds. The molecule has 2 atom stereocenters. The highest BCUT2D eigenvalue weighted by Gasteiger charge is 2.33. The van der Waals surface area contributed by atoms with Gasteiger partial charge in [-0.15, -0.1) is 0 Å². The first kappa shape index (κ1) is 12.0. The Bertz CT molecular complexity index is 385. The van der Waals surface area contributed by atoms with Gasteiger partial charge in [-0.1, -0.05) is 12.2 Å². The van der Waals surface area contributed by atoms with Crippen LogP contribution in [-0.2, 0) is 9.53 Å². The van der Waals surface area contributed by atoms with Gasteiger partial charge in [-0.25, -0.2) is 0 Å². The largest absolute Gasteiger partial charge is 0.385 e. The van der Waals surface area contributed by atoms with E-state index in [-0.39, 0.29) is 6.04 Å². The van der Waals surface area contributed by atoms with Gasteiger partial charge in [-0.05, 0) is 19.4 Å². The Kier molecular flexibility index (Phi) is 3.74. The summed E-state index contributed by atoms with van der Waals surface area (Å²) < 4.78 is 5.05. The highest BCUT2D eigenvalue weighted by atomic mass is 16.5. The van der Waals surface area contributed by atoms with E-state index in [2.05, 4.69) is 16.2 Å². The monoisotopic (exact) mass is 234 g/mol. The summed E-state index contributed by atoms with van der Waals surface area (Å²) in [5, 5.41) is 6.62. The Labute approximate surface area is 102 Å². The number of rotatable bonds is 5. The van der Waals surface area contributed by atoms with Crippen LogP contribution in [0.5, 0.6) is 0 Å². The molecule has 0 aromatic heterocycles. The standard InChI is InChI=1S/C13H18N2O2/c1-10-12-5-4-11(9-16)8-13(12)15(14-10)6-3-7-17-2/h4-5,8-9,12-13H,3,6-7H2,1-2H3. The van der Waals surface area contributed by atoms with E-state index in [1.807, 2.05) is 19.1 Å². The van der Waals surface area contributed by atoms with E-state index >= 15 is 0 Å². The molecule has 4 heteroatoms. The van der Waals surface area contributed by atoms with E-state index in [1.165, 1.54) is 0 Å². The predicted octanol–water partition coefficient (Wildman–Crippen LogP) is 1.39. The third-order valence-corrected chi connectivity index (χ3v) is 3.21. The summed E-state index contributed by atoms with van der Waals surface area (Å²) in [6, 6.07) is 0.206. The zero-order valence-corrected chi connectivity index (χ0v) is 10.3. The van der Waals surface area contributed by atoms with Gasteiger partial charge in [-0.3, -0.25) is 9.80 Å². The Balaban J connectivity index is 2.05. The van der Waals surface area contributed by atoms with Crippen LogP contribution in [0.25, 0.3) is 0 Å². The molecular weight excluding hydrogens is 216 g/mol. The fourth-order valence-electron chi connectivity index (χ4n) is 2.33. The second-order valence-electron chi connectivity index (χ2n) is 4.41. The first-order valence-corrected chi connectivity index (χ1v) is 5.92. The van der Waals surface area contributed by atoms with Gasteiger partial charge >= 0.3 is 0 Å². The van der Waals surface area contributed by atoms with E-state index in [0.717, 1.165) is 37.1 Å². The van der Waals surface area contributed by atoms with Gasteiger partial charge in [0.05, 0.1) is 6.04 Å². The highest BCUT2D eigenvalue weighted by Crippen LogP contribution is 2.28. The molecule has 92 valence electrons. The van der Waals surface area contributed by atoms with Crippen molar-refractivity contribution < 1.29 is 9.53 Å². The fraction of sp³-hybridized carbons (Fsp3) is 0.538. The normalized spacial score (nSPS) is 26.6. The lowest BCUT2D eigenvalue weighted by atomic mass is 9.89. The molecule has 0 aromatic carbocycles. The second-order valence-corrected chi connectivity index (χ2v) is 4.41. The summed E-state index contributed by atoms with van der Waals surface area (Å²) in [6.07, 6.45) is 7.80. The molecule has 0 aromatic rings. The number of fused-ring (bicyclic) bond motifs is 1. The molecule has 2 unspecified atom stereocenters. The molecule has 1 heterocycles. The molecule has 0 spiro atoms. The van der Waals surface area contributed by atoms with Gasteiger partial charge in [-0.2, -0.15) is 5.10 Å². The fourth-order valence-corrected chi connectivity index (χ4v) is 2.33. The number of allylic oxidation sites excluding steroid dienone is 2. The van der Waals surface area contributed by atoms with Crippen LogP contribution in [0, 0.1) is 5.92 Å². The van der Waals surface area contributed by atoms with Crippen LogP contribution >= 0.6 is 0 Å². The number of hydrogen-bond acceptors (Lipinski definition) is 4. The number of ether oxygens (including phenoxy) is 1. The van der Waals surface area contributed by atoms with Crippen molar-refractivity contribution in [1.82, 2.24) is 5.01 Å². The minimum atomic E-state index is 0.206. The quantitative estimate of drug-likeness (QED) is 0.533. The molecule has 0 N–H and O–H groups in total. The van der Waals surface area contributed by atoms with Crippen molar-refractivity contribution in [3.05, 3.63) is 23.8 Å². The summed E-state index contributed by atoms with van der Waals surface area (Å²) in [6.45, 7) is 3.64. The average molecular weight is 234 g/mol. The SMILES string of the molecule is COCCCN1N=C(C)C2C=CC(C=O)=CC21. The number of nitrogens with zero attached hydrogens (tertiary/aromatic N) is 2. The van der Waals surface area contributed by atoms with Gasteiger partial charge in [0.15, 0.2) is 0 Å². The third-order valence-electron chi connectivity index (χ3n) is 3.21. The molecule has 0 saturated heterocycles. The van der Waals surface area contributed by atoms with Crippen molar-refractivity contribution in [2.75, 3.05) is 20.3 Å². The summed E-state index contributed by atoms with van der Waals surface area (Å²) in [7, 11) is 1.70. The average Bonchev–Trinajstić information content (AvgIpc) is 2.66. The Morgan fingerprint density at radius 2 is 2.41 bits per heavy atom. The van der Waals surface area contributed by atoms with Crippen LogP contribution < -0.4 is 0 Å². The van der Waals surface area contributed by atoms with Crippen molar-refractivity contribution in [1.29, 1.82) is 0 Å². The van der Waals surface area contributed by atoms with Crippen LogP contribution in [0.1, 0.15) is 13.3 Å². The van der Waals surface area contributed by atoms with Crippen LogP contribution in [-0.4, -0.2) is 43.3 Å². The first-order valence-electron chi connectivity index (χ1n) is 5.92. The van der Waals surface area contributed by atoms with Gasteiger partial charge in [0.1, 0.15) is 6.29 Å². The molecule has 1 aliphatic carbocycles. The number of carbonyl (C=O) groups is 1. The van der Waals surface area contributed by atoms with E-state index in [0.29, 0.717) is 5.92 Å². The molecule has 2 rings (SSSR count). The van der Waals surface area contributed by atoms with Crippen LogP contribution in [0.3, 0.4) is 0 Å². The Hall–Kier alpha value is -1.42. The molecule has 17 heavy (non-hydrogen) atoms. The van der Waals surface area contributed by atoms with Crippen molar-refractivity contribution in [3.63, 3.8) is 0 Å². The lowest BCUT2D eigenvalue weighted by molar-refractivity contribution is -0.104. The van der Waals surface area contributed by atoms with E-state index in [9.17, 15) is 4.79 Å².